The van der Waals surface area contributed by atoms with Gasteiger partial charge in [-0.25, -0.2) is 9.67 Å². The number of aromatic nitrogens is 5. The third-order valence-corrected chi connectivity index (χ3v) is 8.97. The second-order valence-corrected chi connectivity index (χ2v) is 12.3. The Bertz CT molecular complexity index is 1960. The van der Waals surface area contributed by atoms with Gasteiger partial charge in [-0.2, -0.15) is 5.10 Å². The molecule has 0 radical (unpaired) electrons. The first-order valence-electron chi connectivity index (χ1n) is 15.3. The molecule has 0 saturated carbocycles. The van der Waals surface area contributed by atoms with Gasteiger partial charge in [0.05, 0.1) is 36.0 Å². The average Bonchev–Trinajstić information content (AvgIpc) is 3.75. The Morgan fingerprint density at radius 3 is 2.44 bits per heavy atom. The van der Waals surface area contributed by atoms with Gasteiger partial charge in [0.25, 0.3) is 5.91 Å². The van der Waals surface area contributed by atoms with Gasteiger partial charge in [0, 0.05) is 37.6 Å². The molecular weight excluding hydrogens is 603 g/mol. The van der Waals surface area contributed by atoms with Crippen LogP contribution in [0, 0.1) is 6.92 Å². The summed E-state index contributed by atoms with van der Waals surface area (Å²) in [6.45, 7) is 8.41. The predicted octanol–water partition coefficient (Wildman–Crippen LogP) is 10.1. The molecule has 1 amide bonds. The monoisotopic (exact) mass is 638 g/mol. The summed E-state index contributed by atoms with van der Waals surface area (Å²) in [6.07, 6.45) is 6.57. The van der Waals surface area contributed by atoms with E-state index < -0.39 is 0 Å². The van der Waals surface area contributed by atoms with Gasteiger partial charge in [-0.1, -0.05) is 92.0 Å². The molecule has 2 atom stereocenters. The number of nitrogens with zero attached hydrogens (tertiary/aromatic N) is 4. The van der Waals surface area contributed by atoms with E-state index in [2.05, 4.69) is 40.7 Å². The van der Waals surface area contributed by atoms with E-state index in [1.807, 2.05) is 96.9 Å². The van der Waals surface area contributed by atoms with E-state index in [4.69, 9.17) is 28.2 Å². The Morgan fingerprint density at radius 2 is 1.73 bits per heavy atom. The van der Waals surface area contributed by atoms with Gasteiger partial charge >= 0.3 is 0 Å². The fourth-order valence-electron chi connectivity index (χ4n) is 6.08. The molecule has 3 heterocycles. The maximum Gasteiger partial charge on any atom is 0.273 e. The van der Waals surface area contributed by atoms with Crippen LogP contribution in [0.3, 0.4) is 0 Å². The highest BCUT2D eigenvalue weighted by molar-refractivity contribution is 6.31. The number of aromatic amines is 1. The summed E-state index contributed by atoms with van der Waals surface area (Å²) in [5.41, 5.74) is 6.45. The maximum atomic E-state index is 14.4. The Morgan fingerprint density at radius 1 is 1.00 bits per heavy atom. The van der Waals surface area contributed by atoms with Crippen LogP contribution < -0.4 is 5.32 Å². The normalized spacial score (nSPS) is 12.8. The number of carbonyl (C=O) groups excluding carboxylic acids is 1. The smallest absolute Gasteiger partial charge is 0.273 e. The van der Waals surface area contributed by atoms with E-state index in [0.29, 0.717) is 21.6 Å². The van der Waals surface area contributed by atoms with Crippen molar-refractivity contribution in [2.45, 2.75) is 59.0 Å². The summed E-state index contributed by atoms with van der Waals surface area (Å²) in [5.74, 6) is 0.439. The van der Waals surface area contributed by atoms with Crippen LogP contribution in [0.1, 0.15) is 73.7 Å². The van der Waals surface area contributed by atoms with E-state index in [0.717, 1.165) is 63.8 Å². The van der Waals surface area contributed by atoms with Gasteiger partial charge in [0.1, 0.15) is 11.5 Å². The minimum Gasteiger partial charge on any atom is -0.350 e. The molecule has 0 spiro atoms. The van der Waals surface area contributed by atoms with Gasteiger partial charge in [-0.05, 0) is 56.5 Å². The molecular formula is C36H36Cl2N6O. The number of nitrogens with one attached hydrogen (secondary N) is 2. The summed E-state index contributed by atoms with van der Waals surface area (Å²) in [5, 5.41) is 10.0. The van der Waals surface area contributed by atoms with E-state index in [-0.39, 0.29) is 18.0 Å². The summed E-state index contributed by atoms with van der Waals surface area (Å²) in [4.78, 5) is 22.8. The molecule has 7 nitrogen and oxygen atoms in total. The van der Waals surface area contributed by atoms with Crippen molar-refractivity contribution >= 4 is 45.8 Å². The molecule has 0 aliphatic rings. The van der Waals surface area contributed by atoms with Crippen LogP contribution in [-0.2, 0) is 0 Å². The number of fused-ring (bicyclic) bond motifs is 1. The number of aryl methyl sites for hydroxylation is 1. The second-order valence-electron chi connectivity index (χ2n) is 11.4. The number of halogens is 2. The Kier molecular flexibility index (Phi) is 8.83. The van der Waals surface area contributed by atoms with Gasteiger partial charge in [-0.15, -0.1) is 0 Å². The molecule has 9 heteroatoms. The number of anilines is 1. The maximum absolute atomic E-state index is 14.4. The van der Waals surface area contributed by atoms with Crippen molar-refractivity contribution in [3.05, 3.63) is 112 Å². The number of hydrogen-bond acceptors (Lipinski definition) is 3. The molecule has 2 unspecified atom stereocenters. The molecule has 0 fully saturated rings. The number of amides is 1. The third kappa shape index (κ3) is 5.90. The van der Waals surface area contributed by atoms with Crippen molar-refractivity contribution in [1.82, 2.24) is 24.3 Å². The zero-order valence-corrected chi connectivity index (χ0v) is 27.3. The second kappa shape index (κ2) is 13.0. The zero-order chi connectivity index (χ0) is 31.7. The molecule has 45 heavy (non-hydrogen) atoms. The number of hydrogen-bond donors (Lipinski definition) is 2. The van der Waals surface area contributed by atoms with Crippen LogP contribution in [-0.4, -0.2) is 30.2 Å². The minimum atomic E-state index is -0.264. The lowest BCUT2D eigenvalue weighted by Gasteiger charge is -2.20. The average molecular weight is 640 g/mol. The summed E-state index contributed by atoms with van der Waals surface area (Å²) in [6, 6.07) is 23.6. The van der Waals surface area contributed by atoms with Crippen molar-refractivity contribution in [3.63, 3.8) is 0 Å². The predicted molar refractivity (Wildman–Crippen MR) is 184 cm³/mol. The minimum absolute atomic E-state index is 0.113. The van der Waals surface area contributed by atoms with E-state index >= 15 is 0 Å². The molecule has 3 aromatic heterocycles. The van der Waals surface area contributed by atoms with Crippen molar-refractivity contribution in [3.8, 4) is 22.5 Å². The topological polar surface area (TPSA) is 80.5 Å². The molecule has 6 aromatic rings. The summed E-state index contributed by atoms with van der Waals surface area (Å²) >= 11 is 12.7. The number of H-pyrrole nitrogens is 1. The van der Waals surface area contributed by atoms with Crippen molar-refractivity contribution in [2.75, 3.05) is 5.32 Å². The molecule has 2 N–H and O–H groups in total. The first-order valence-corrected chi connectivity index (χ1v) is 16.1. The summed E-state index contributed by atoms with van der Waals surface area (Å²) in [7, 11) is 0. The lowest BCUT2D eigenvalue weighted by Crippen LogP contribution is -2.20. The van der Waals surface area contributed by atoms with Crippen LogP contribution in [0.15, 0.2) is 85.3 Å². The lowest BCUT2D eigenvalue weighted by molar-refractivity contribution is 0.102. The first-order chi connectivity index (χ1) is 21.8. The molecule has 3 aromatic carbocycles. The fourth-order valence-corrected chi connectivity index (χ4v) is 6.38. The van der Waals surface area contributed by atoms with Crippen LogP contribution in [0.5, 0.6) is 0 Å². The largest absolute Gasteiger partial charge is 0.350 e. The highest BCUT2D eigenvalue weighted by Crippen LogP contribution is 2.41. The molecule has 6 rings (SSSR count). The van der Waals surface area contributed by atoms with Gasteiger partial charge in [0.2, 0.25) is 0 Å². The highest BCUT2D eigenvalue weighted by Gasteiger charge is 2.29. The molecule has 230 valence electrons. The molecule has 0 aliphatic heterocycles. The van der Waals surface area contributed by atoms with Crippen molar-refractivity contribution < 1.29 is 4.79 Å². The number of benzene rings is 3. The Hall–Kier alpha value is -4.33. The van der Waals surface area contributed by atoms with Crippen LogP contribution in [0.25, 0.3) is 33.4 Å². The SMILES string of the molecule is CCCC(CC)n1ncc(C)c1NC(=O)c1[nH]c2cc(Cl)ccc2c1-c1c(-c2ccccc2)ncn1C(C)c1ccc(Cl)cc1. The lowest BCUT2D eigenvalue weighted by atomic mass is 9.99. The van der Waals surface area contributed by atoms with E-state index in [1.54, 1.807) is 0 Å². The fraction of sp³-hybridized carbons (Fsp3) is 0.250. The number of imidazole rings is 1. The van der Waals surface area contributed by atoms with E-state index in [9.17, 15) is 4.79 Å². The standard InChI is InChI=1S/C36H36Cl2N6O/c1-5-10-28(6-2)44-35(22(3)20-40-44)42-36(45)33-31(29-18-17-27(38)19-30(29)41-33)34-32(25-11-8-7-9-12-25)39-21-43(34)23(4)24-13-15-26(37)16-14-24/h7-9,11-21,23,28,41H,5-6,10H2,1-4H3,(H,42,45). The number of carbonyl (C=O) groups is 1. The van der Waals surface area contributed by atoms with Crippen LogP contribution in [0.4, 0.5) is 5.82 Å². The molecule has 0 bridgehead atoms. The number of rotatable bonds is 10. The van der Waals surface area contributed by atoms with Gasteiger partial charge in [0.15, 0.2) is 0 Å². The van der Waals surface area contributed by atoms with Crippen LogP contribution in [0.2, 0.25) is 10.0 Å². The molecule has 0 aliphatic carbocycles. The summed E-state index contributed by atoms with van der Waals surface area (Å²) < 4.78 is 4.08. The first kappa shape index (κ1) is 30.7. The molecule has 0 saturated heterocycles. The zero-order valence-electron chi connectivity index (χ0n) is 25.8. The van der Waals surface area contributed by atoms with Gasteiger partial charge in [-0.3, -0.25) is 4.79 Å². The Balaban J connectivity index is 1.56. The van der Waals surface area contributed by atoms with Crippen molar-refractivity contribution in [1.29, 1.82) is 0 Å². The highest BCUT2D eigenvalue weighted by atomic mass is 35.5. The quantitative estimate of drug-likeness (QED) is 0.157. The third-order valence-electron chi connectivity index (χ3n) is 8.48. The Labute approximate surface area is 273 Å². The van der Waals surface area contributed by atoms with Crippen LogP contribution >= 0.6 is 23.2 Å². The van der Waals surface area contributed by atoms with Gasteiger partial charge < -0.3 is 14.9 Å². The van der Waals surface area contributed by atoms with Crippen molar-refractivity contribution in [2.24, 2.45) is 0 Å². The van der Waals surface area contributed by atoms with E-state index in [1.165, 1.54) is 0 Å².